The minimum absolute atomic E-state index is 0.106. The number of hydrogen-bond acceptors (Lipinski definition) is 6. The molecule has 1 atom stereocenters. The second-order valence-corrected chi connectivity index (χ2v) is 17.7. The molecule has 0 heterocycles. The Bertz CT molecular complexity index is 1330. The molecule has 0 aromatic heterocycles. The lowest BCUT2D eigenvalue weighted by Crippen LogP contribution is -2.30. The molecule has 0 unspecified atom stereocenters. The van der Waals surface area contributed by atoms with Crippen LogP contribution in [0.1, 0.15) is 245 Å². The van der Waals surface area contributed by atoms with E-state index in [9.17, 15) is 14.4 Å². The summed E-state index contributed by atoms with van der Waals surface area (Å²) in [5, 5.41) is 0. The molecule has 0 aliphatic rings. The fourth-order valence-electron chi connectivity index (χ4n) is 7.31. The molecule has 0 amide bonds. The molecule has 0 saturated heterocycles. The van der Waals surface area contributed by atoms with Gasteiger partial charge in [0.05, 0.1) is 0 Å². The van der Waals surface area contributed by atoms with Crippen LogP contribution in [0.25, 0.3) is 0 Å². The van der Waals surface area contributed by atoms with E-state index >= 15 is 0 Å². The van der Waals surface area contributed by atoms with Crippen LogP contribution in [-0.2, 0) is 28.6 Å². The zero-order chi connectivity index (χ0) is 47.9. The summed E-state index contributed by atoms with van der Waals surface area (Å²) in [6.45, 7) is 6.35. The zero-order valence-corrected chi connectivity index (χ0v) is 42.9. The van der Waals surface area contributed by atoms with Crippen molar-refractivity contribution < 1.29 is 28.6 Å². The van der Waals surface area contributed by atoms with E-state index in [1.165, 1.54) is 96.3 Å². The molecule has 0 saturated carbocycles. The largest absolute Gasteiger partial charge is 0.462 e. The Hall–Kier alpha value is -3.67. The van der Waals surface area contributed by atoms with Gasteiger partial charge in [0.2, 0.25) is 0 Å². The van der Waals surface area contributed by atoms with E-state index < -0.39 is 6.10 Å². The Morgan fingerprint density at radius 1 is 0.318 bits per heavy atom. The van der Waals surface area contributed by atoms with Gasteiger partial charge >= 0.3 is 17.9 Å². The first-order chi connectivity index (χ1) is 32.5. The Balaban J connectivity index is 4.48. The number of rotatable bonds is 48. The molecule has 0 spiro atoms. The zero-order valence-electron chi connectivity index (χ0n) is 42.9. The summed E-state index contributed by atoms with van der Waals surface area (Å²) < 4.78 is 16.8. The summed E-state index contributed by atoms with van der Waals surface area (Å²) in [6, 6.07) is 0. The van der Waals surface area contributed by atoms with Gasteiger partial charge in [-0.3, -0.25) is 14.4 Å². The van der Waals surface area contributed by atoms with Crippen LogP contribution < -0.4 is 0 Å². The van der Waals surface area contributed by atoms with Crippen LogP contribution in [0.15, 0.2) is 97.2 Å². The second-order valence-electron chi connectivity index (χ2n) is 17.7. The van der Waals surface area contributed by atoms with E-state index in [0.717, 1.165) is 96.3 Å². The van der Waals surface area contributed by atoms with Crippen molar-refractivity contribution in [2.24, 2.45) is 0 Å². The van der Waals surface area contributed by atoms with Crippen LogP contribution in [0.2, 0.25) is 0 Å². The van der Waals surface area contributed by atoms with Crippen LogP contribution in [0.3, 0.4) is 0 Å². The maximum atomic E-state index is 12.8. The first-order valence-electron chi connectivity index (χ1n) is 27.2. The first-order valence-corrected chi connectivity index (χ1v) is 27.2. The number of esters is 3. The van der Waals surface area contributed by atoms with Crippen molar-refractivity contribution in [3.05, 3.63) is 97.2 Å². The van der Waals surface area contributed by atoms with Crippen molar-refractivity contribution in [2.45, 2.75) is 252 Å². The number of allylic oxidation sites excluding steroid dienone is 16. The SMILES string of the molecule is CC/C=C\C/C=C\C/C=C\C/C=C\CCCCC(=O)OC[C@H](COC(=O)CCCCCCCCCCCCCCCCCCCC)OC(=O)CCCC/C=C\C/C=C\C/C=C\C/C=C\CC. The van der Waals surface area contributed by atoms with Crippen LogP contribution in [0, 0.1) is 0 Å². The number of carbonyl (C=O) groups is 3. The highest BCUT2D eigenvalue weighted by atomic mass is 16.6. The maximum absolute atomic E-state index is 12.8. The molecule has 66 heavy (non-hydrogen) atoms. The van der Waals surface area contributed by atoms with E-state index in [-0.39, 0.29) is 37.5 Å². The molecule has 376 valence electrons. The van der Waals surface area contributed by atoms with E-state index in [0.29, 0.717) is 25.7 Å². The predicted octanol–water partition coefficient (Wildman–Crippen LogP) is 18.1. The molecule has 6 nitrogen and oxygen atoms in total. The van der Waals surface area contributed by atoms with E-state index in [4.69, 9.17) is 14.2 Å². The summed E-state index contributed by atoms with van der Waals surface area (Å²) >= 11 is 0. The van der Waals surface area contributed by atoms with E-state index in [1.807, 2.05) is 0 Å². The van der Waals surface area contributed by atoms with Crippen molar-refractivity contribution in [3.8, 4) is 0 Å². The number of ether oxygens (including phenoxy) is 3. The third-order valence-electron chi connectivity index (χ3n) is 11.3. The minimum atomic E-state index is -0.815. The number of unbranched alkanes of at least 4 members (excludes halogenated alkanes) is 21. The van der Waals surface area contributed by atoms with E-state index in [2.05, 4.69) is 118 Å². The molecule has 0 radical (unpaired) electrons. The fourth-order valence-corrected chi connectivity index (χ4v) is 7.31. The summed E-state index contributed by atoms with van der Waals surface area (Å²) in [5.74, 6) is -0.990. The van der Waals surface area contributed by atoms with Gasteiger partial charge < -0.3 is 14.2 Å². The molecule has 0 rings (SSSR count). The van der Waals surface area contributed by atoms with Crippen molar-refractivity contribution in [1.29, 1.82) is 0 Å². The lowest BCUT2D eigenvalue weighted by Gasteiger charge is -2.18. The summed E-state index contributed by atoms with van der Waals surface area (Å²) in [7, 11) is 0. The van der Waals surface area contributed by atoms with E-state index in [1.54, 1.807) is 0 Å². The third-order valence-corrected chi connectivity index (χ3v) is 11.3. The predicted molar refractivity (Wildman–Crippen MR) is 284 cm³/mol. The van der Waals surface area contributed by atoms with Gasteiger partial charge in [-0.2, -0.15) is 0 Å². The first kappa shape index (κ1) is 62.3. The lowest BCUT2D eigenvalue weighted by atomic mass is 10.0. The van der Waals surface area contributed by atoms with Gasteiger partial charge in [0, 0.05) is 19.3 Å². The normalized spacial score (nSPS) is 12.8. The van der Waals surface area contributed by atoms with Crippen molar-refractivity contribution in [3.63, 3.8) is 0 Å². The smallest absolute Gasteiger partial charge is 0.306 e. The van der Waals surface area contributed by atoms with Gasteiger partial charge in [-0.25, -0.2) is 0 Å². The Labute approximate surface area is 407 Å². The summed E-state index contributed by atoms with van der Waals surface area (Å²) in [4.78, 5) is 38.0. The lowest BCUT2D eigenvalue weighted by molar-refractivity contribution is -0.167. The van der Waals surface area contributed by atoms with Crippen molar-refractivity contribution >= 4 is 17.9 Å². The highest BCUT2D eigenvalue weighted by Gasteiger charge is 2.19. The molecular weight excluding hydrogens is 817 g/mol. The molecule has 0 bridgehead atoms. The quantitative estimate of drug-likeness (QED) is 0.0262. The van der Waals surface area contributed by atoms with Crippen molar-refractivity contribution in [1.82, 2.24) is 0 Å². The molecular formula is C60H100O6. The summed E-state index contributed by atoms with van der Waals surface area (Å²) in [5.41, 5.74) is 0. The molecule has 0 aliphatic heterocycles. The molecule has 0 fully saturated rings. The van der Waals surface area contributed by atoms with Gasteiger partial charge in [0.25, 0.3) is 0 Å². The average Bonchev–Trinajstić information content (AvgIpc) is 3.31. The third kappa shape index (κ3) is 51.3. The fraction of sp³-hybridized carbons (Fsp3) is 0.683. The second kappa shape index (κ2) is 53.9. The van der Waals surface area contributed by atoms with Gasteiger partial charge in [-0.1, -0.05) is 227 Å². The topological polar surface area (TPSA) is 78.9 Å². The molecule has 0 aliphatic carbocycles. The van der Waals surface area contributed by atoms with Gasteiger partial charge in [-0.15, -0.1) is 0 Å². The van der Waals surface area contributed by atoms with Crippen LogP contribution in [0.5, 0.6) is 0 Å². The van der Waals surface area contributed by atoms with Crippen LogP contribution >= 0.6 is 0 Å². The van der Waals surface area contributed by atoms with Gasteiger partial charge in [0.15, 0.2) is 6.10 Å². The molecule has 0 N–H and O–H groups in total. The van der Waals surface area contributed by atoms with Crippen LogP contribution in [0.4, 0.5) is 0 Å². The highest BCUT2D eigenvalue weighted by Crippen LogP contribution is 2.15. The highest BCUT2D eigenvalue weighted by molar-refractivity contribution is 5.71. The minimum Gasteiger partial charge on any atom is -0.462 e. The van der Waals surface area contributed by atoms with Gasteiger partial charge in [-0.05, 0) is 96.3 Å². The molecule has 6 heteroatoms. The van der Waals surface area contributed by atoms with Crippen LogP contribution in [-0.4, -0.2) is 37.2 Å². The Morgan fingerprint density at radius 3 is 0.924 bits per heavy atom. The van der Waals surface area contributed by atoms with Gasteiger partial charge in [0.1, 0.15) is 13.2 Å². The monoisotopic (exact) mass is 917 g/mol. The summed E-state index contributed by atoms with van der Waals surface area (Å²) in [6.07, 6.45) is 71.2. The Morgan fingerprint density at radius 2 is 0.591 bits per heavy atom. The number of carbonyl (C=O) groups excluding carboxylic acids is 3. The molecule has 0 aromatic carbocycles. The average molecular weight is 917 g/mol. The standard InChI is InChI=1S/C60H100O6/c1-4-7-10-13-16-19-22-25-28-29-30-33-35-38-41-44-47-50-53-59(62)65-56-57(66-60(63)54-51-48-45-42-39-36-32-27-24-21-18-15-12-9-6-3)55-64-58(61)52-49-46-43-40-37-34-31-26-23-20-17-14-11-8-5-2/h8-9,11-12,17-18,20-21,26-27,31-32,37,39-40,42,57H,4-7,10,13-16,19,22-25,28-30,33-36,38,41,43-56H2,1-3H3/b11-8-,12-9-,20-17-,21-18-,31-26-,32-27-,40-37-,42-39-/t57-/m1/s1. The molecule has 0 aromatic rings. The van der Waals surface area contributed by atoms with Crippen molar-refractivity contribution in [2.75, 3.05) is 13.2 Å². The Kier molecular flexibility index (Phi) is 50.9. The number of hydrogen-bond donors (Lipinski definition) is 0. The maximum Gasteiger partial charge on any atom is 0.306 e.